The molecule has 2 aromatic rings. The van der Waals surface area contributed by atoms with E-state index in [1.54, 1.807) is 12.1 Å². The Morgan fingerprint density at radius 1 is 1.06 bits per heavy atom. The highest BCUT2D eigenvalue weighted by Crippen LogP contribution is 2.34. The molecule has 0 fully saturated rings. The quantitative estimate of drug-likeness (QED) is 0.866. The largest absolute Gasteiger partial charge is 0.375 e. The number of hydrogen-bond acceptors (Lipinski definition) is 2. The fraction of sp³-hybridized carbons (Fsp3) is 0.200. The zero-order valence-corrected chi connectivity index (χ0v) is 10.7. The number of benzene rings is 2. The standard InChI is InChI=1S/C15H14FNS/c16-13-7-3-4-8-14(13)17-15-10-18-9-11-5-1-2-6-12(11)15/h1-8,15,17H,9-10H2. The number of halogens is 1. The molecule has 0 bridgehead atoms. The summed E-state index contributed by atoms with van der Waals surface area (Å²) < 4.78 is 13.7. The lowest BCUT2D eigenvalue weighted by Gasteiger charge is -2.27. The second-order valence-corrected chi connectivity index (χ2v) is 5.42. The van der Waals surface area contributed by atoms with Crippen molar-refractivity contribution in [2.24, 2.45) is 0 Å². The molecule has 92 valence electrons. The molecule has 0 aliphatic carbocycles. The van der Waals surface area contributed by atoms with E-state index in [0.717, 1.165) is 11.5 Å². The molecule has 1 heterocycles. The van der Waals surface area contributed by atoms with E-state index in [9.17, 15) is 4.39 Å². The van der Waals surface area contributed by atoms with Gasteiger partial charge in [0.1, 0.15) is 5.82 Å². The number of rotatable bonds is 2. The number of fused-ring (bicyclic) bond motifs is 1. The first-order valence-corrected chi connectivity index (χ1v) is 7.16. The predicted octanol–water partition coefficient (Wildman–Crippen LogP) is 4.23. The first-order valence-electron chi connectivity index (χ1n) is 6.01. The van der Waals surface area contributed by atoms with Gasteiger partial charge in [-0.25, -0.2) is 4.39 Å². The van der Waals surface area contributed by atoms with E-state index < -0.39 is 0 Å². The van der Waals surface area contributed by atoms with Crippen LogP contribution >= 0.6 is 11.8 Å². The first kappa shape index (κ1) is 11.6. The molecule has 0 aromatic heterocycles. The third-order valence-electron chi connectivity index (χ3n) is 3.18. The molecule has 0 amide bonds. The molecule has 1 aliphatic heterocycles. The molecule has 1 unspecified atom stereocenters. The topological polar surface area (TPSA) is 12.0 Å². The Labute approximate surface area is 110 Å². The zero-order chi connectivity index (χ0) is 12.4. The van der Waals surface area contributed by atoms with Crippen LogP contribution < -0.4 is 5.32 Å². The average molecular weight is 259 g/mol. The van der Waals surface area contributed by atoms with Crippen molar-refractivity contribution < 1.29 is 4.39 Å². The molecular formula is C15H14FNS. The minimum Gasteiger partial charge on any atom is -0.375 e. The summed E-state index contributed by atoms with van der Waals surface area (Å²) in [7, 11) is 0. The van der Waals surface area contributed by atoms with Crippen molar-refractivity contribution in [2.45, 2.75) is 11.8 Å². The van der Waals surface area contributed by atoms with Crippen molar-refractivity contribution >= 4 is 17.4 Å². The van der Waals surface area contributed by atoms with Gasteiger partial charge in [0.15, 0.2) is 0 Å². The molecule has 0 saturated carbocycles. The number of hydrogen-bond donors (Lipinski definition) is 1. The number of anilines is 1. The number of thioether (sulfide) groups is 1. The lowest BCUT2D eigenvalue weighted by Crippen LogP contribution is -2.19. The van der Waals surface area contributed by atoms with Crippen LogP contribution in [0.3, 0.4) is 0 Å². The van der Waals surface area contributed by atoms with Crippen LogP contribution in [0.5, 0.6) is 0 Å². The summed E-state index contributed by atoms with van der Waals surface area (Å²) in [6, 6.07) is 15.4. The highest BCUT2D eigenvalue weighted by Gasteiger charge is 2.20. The van der Waals surface area contributed by atoms with Gasteiger partial charge in [0.05, 0.1) is 11.7 Å². The fourth-order valence-electron chi connectivity index (χ4n) is 2.27. The molecule has 1 nitrogen and oxygen atoms in total. The van der Waals surface area contributed by atoms with Gasteiger partial charge in [-0.3, -0.25) is 0 Å². The van der Waals surface area contributed by atoms with Gasteiger partial charge in [-0.05, 0) is 23.3 Å². The van der Waals surface area contributed by atoms with Gasteiger partial charge in [0.2, 0.25) is 0 Å². The molecular weight excluding hydrogens is 245 g/mol. The fourth-order valence-corrected chi connectivity index (χ4v) is 3.37. The Kier molecular flexibility index (Phi) is 3.24. The molecule has 0 saturated heterocycles. The summed E-state index contributed by atoms with van der Waals surface area (Å²) in [5.74, 6) is 1.84. The Bertz CT molecular complexity index is 556. The highest BCUT2D eigenvalue weighted by atomic mass is 32.2. The summed E-state index contributed by atoms with van der Waals surface area (Å²) in [6.45, 7) is 0. The average Bonchev–Trinajstić information content (AvgIpc) is 2.42. The number of nitrogens with one attached hydrogen (secondary N) is 1. The van der Waals surface area contributed by atoms with Crippen LogP contribution in [0.25, 0.3) is 0 Å². The van der Waals surface area contributed by atoms with Crippen LogP contribution in [0, 0.1) is 5.82 Å². The van der Waals surface area contributed by atoms with Gasteiger partial charge in [0, 0.05) is 11.5 Å². The molecule has 0 radical (unpaired) electrons. The minimum atomic E-state index is -0.189. The van der Waals surface area contributed by atoms with E-state index in [0.29, 0.717) is 5.69 Å². The van der Waals surface area contributed by atoms with Crippen molar-refractivity contribution in [3.63, 3.8) is 0 Å². The summed E-state index contributed by atoms with van der Waals surface area (Å²) in [5.41, 5.74) is 3.22. The number of para-hydroxylation sites is 1. The molecule has 18 heavy (non-hydrogen) atoms. The van der Waals surface area contributed by atoms with E-state index in [4.69, 9.17) is 0 Å². The summed E-state index contributed by atoms with van der Waals surface area (Å²) in [6.07, 6.45) is 0. The van der Waals surface area contributed by atoms with E-state index in [-0.39, 0.29) is 11.9 Å². The normalized spacial score (nSPS) is 18.2. The van der Waals surface area contributed by atoms with Crippen LogP contribution in [0.15, 0.2) is 48.5 Å². The van der Waals surface area contributed by atoms with Crippen molar-refractivity contribution in [1.82, 2.24) is 0 Å². The monoisotopic (exact) mass is 259 g/mol. The van der Waals surface area contributed by atoms with Crippen molar-refractivity contribution in [3.05, 3.63) is 65.5 Å². The highest BCUT2D eigenvalue weighted by molar-refractivity contribution is 7.98. The van der Waals surface area contributed by atoms with Crippen LogP contribution in [0.4, 0.5) is 10.1 Å². The van der Waals surface area contributed by atoms with Crippen LogP contribution in [-0.4, -0.2) is 5.75 Å². The summed E-state index contributed by atoms with van der Waals surface area (Å²) in [4.78, 5) is 0. The molecule has 1 N–H and O–H groups in total. The van der Waals surface area contributed by atoms with Gasteiger partial charge in [0.25, 0.3) is 0 Å². The lowest BCUT2D eigenvalue weighted by atomic mass is 10.0. The van der Waals surface area contributed by atoms with Crippen molar-refractivity contribution in [1.29, 1.82) is 0 Å². The third kappa shape index (κ3) is 2.23. The summed E-state index contributed by atoms with van der Waals surface area (Å²) >= 11 is 1.89. The van der Waals surface area contributed by atoms with Crippen LogP contribution in [0.2, 0.25) is 0 Å². The molecule has 1 atom stereocenters. The molecule has 0 spiro atoms. The smallest absolute Gasteiger partial charge is 0.146 e. The third-order valence-corrected chi connectivity index (χ3v) is 4.26. The Balaban J connectivity index is 1.89. The maximum absolute atomic E-state index is 13.7. The van der Waals surface area contributed by atoms with Gasteiger partial charge < -0.3 is 5.32 Å². The van der Waals surface area contributed by atoms with Crippen molar-refractivity contribution in [3.8, 4) is 0 Å². The maximum Gasteiger partial charge on any atom is 0.146 e. The molecule has 1 aliphatic rings. The second kappa shape index (κ2) is 5.02. The van der Waals surface area contributed by atoms with Crippen LogP contribution in [-0.2, 0) is 5.75 Å². The second-order valence-electron chi connectivity index (χ2n) is 4.39. The zero-order valence-electron chi connectivity index (χ0n) is 9.90. The SMILES string of the molecule is Fc1ccccc1NC1CSCc2ccccc21. The molecule has 3 heteroatoms. The summed E-state index contributed by atoms with van der Waals surface area (Å²) in [5, 5.41) is 3.31. The maximum atomic E-state index is 13.7. The van der Waals surface area contributed by atoms with E-state index >= 15 is 0 Å². The van der Waals surface area contributed by atoms with Crippen molar-refractivity contribution in [2.75, 3.05) is 11.1 Å². The Morgan fingerprint density at radius 3 is 2.72 bits per heavy atom. The van der Waals surface area contributed by atoms with Gasteiger partial charge in [-0.1, -0.05) is 36.4 Å². The predicted molar refractivity (Wildman–Crippen MR) is 75.4 cm³/mol. The van der Waals surface area contributed by atoms with Crippen LogP contribution in [0.1, 0.15) is 17.2 Å². The van der Waals surface area contributed by atoms with E-state index in [2.05, 4.69) is 23.5 Å². The van der Waals surface area contributed by atoms with Gasteiger partial charge in [-0.15, -0.1) is 0 Å². The van der Waals surface area contributed by atoms with Gasteiger partial charge in [-0.2, -0.15) is 11.8 Å². The van der Waals surface area contributed by atoms with E-state index in [1.165, 1.54) is 17.2 Å². The molecule has 3 rings (SSSR count). The molecule has 2 aromatic carbocycles. The van der Waals surface area contributed by atoms with Gasteiger partial charge >= 0.3 is 0 Å². The lowest BCUT2D eigenvalue weighted by molar-refractivity contribution is 0.627. The first-order chi connectivity index (χ1) is 8.84. The van der Waals surface area contributed by atoms with E-state index in [1.807, 2.05) is 23.9 Å². The minimum absolute atomic E-state index is 0.189. The Hall–Kier alpha value is -1.48. The Morgan fingerprint density at radius 2 is 1.83 bits per heavy atom.